The fourth-order valence-corrected chi connectivity index (χ4v) is 5.79. The van der Waals surface area contributed by atoms with E-state index in [4.69, 9.17) is 0 Å². The molecule has 1 aromatic carbocycles. The summed E-state index contributed by atoms with van der Waals surface area (Å²) < 4.78 is 0. The van der Waals surface area contributed by atoms with Gasteiger partial charge in [0.1, 0.15) is 0 Å². The van der Waals surface area contributed by atoms with Crippen LogP contribution in [0, 0.1) is 0 Å². The van der Waals surface area contributed by atoms with Crippen molar-refractivity contribution in [2.45, 2.75) is 57.0 Å². The monoisotopic (exact) mass is 501 g/mol. The number of aromatic nitrogens is 1. The van der Waals surface area contributed by atoms with Crippen molar-refractivity contribution in [2.24, 2.45) is 0 Å². The van der Waals surface area contributed by atoms with Crippen molar-refractivity contribution < 1.29 is 9.59 Å². The maximum Gasteiger partial charge on any atom is 0.253 e. The summed E-state index contributed by atoms with van der Waals surface area (Å²) in [5, 5.41) is 8.86. The Hall–Kier alpha value is -2.87. The van der Waals surface area contributed by atoms with E-state index in [2.05, 4.69) is 20.3 Å². The Morgan fingerprint density at radius 3 is 2.08 bits per heavy atom. The zero-order chi connectivity index (χ0) is 25.5. The number of piperidine rings is 1. The second-order valence-electron chi connectivity index (χ2n) is 10.5. The fourth-order valence-electron chi connectivity index (χ4n) is 5.79. The predicted molar refractivity (Wildman–Crippen MR) is 146 cm³/mol. The molecule has 1 aromatic heterocycles. The van der Waals surface area contributed by atoms with Gasteiger partial charge in [0.2, 0.25) is 0 Å². The Balaban J connectivity index is 1.06. The van der Waals surface area contributed by atoms with E-state index >= 15 is 0 Å². The van der Waals surface area contributed by atoms with E-state index < -0.39 is 0 Å². The van der Waals surface area contributed by atoms with Crippen molar-refractivity contribution >= 4 is 17.8 Å². The van der Waals surface area contributed by atoms with Crippen LogP contribution in [0.4, 0.5) is 0 Å². The summed E-state index contributed by atoms with van der Waals surface area (Å²) in [6.07, 6.45) is 14.2. The molecule has 7 nitrogen and oxygen atoms in total. The van der Waals surface area contributed by atoms with Crippen molar-refractivity contribution in [1.29, 1.82) is 0 Å². The number of pyridine rings is 1. The first kappa shape index (κ1) is 25.8. The summed E-state index contributed by atoms with van der Waals surface area (Å²) >= 11 is 0. The summed E-state index contributed by atoms with van der Waals surface area (Å²) in [7, 11) is 0. The van der Waals surface area contributed by atoms with Crippen molar-refractivity contribution in [3.8, 4) is 0 Å². The maximum atomic E-state index is 13.1. The Kier molecular flexibility index (Phi) is 8.76. The Morgan fingerprint density at radius 1 is 0.757 bits per heavy atom. The van der Waals surface area contributed by atoms with Gasteiger partial charge in [-0.3, -0.25) is 14.6 Å². The second kappa shape index (κ2) is 12.6. The summed E-state index contributed by atoms with van der Waals surface area (Å²) in [6.45, 7) is 5.41. The van der Waals surface area contributed by atoms with Crippen LogP contribution >= 0.6 is 0 Å². The number of amides is 1. The molecular weight excluding hydrogens is 462 g/mol. The van der Waals surface area contributed by atoms with Gasteiger partial charge in [0, 0.05) is 68.7 Å². The van der Waals surface area contributed by atoms with Crippen LogP contribution in [0.15, 0.2) is 54.7 Å². The number of allylic oxidation sites excluding steroid dienone is 1. The summed E-state index contributed by atoms with van der Waals surface area (Å²) in [5.41, 5.74) is 1.94. The fraction of sp³-hybridized carbons (Fsp3) is 0.500. The Morgan fingerprint density at radius 2 is 1.41 bits per heavy atom. The highest BCUT2D eigenvalue weighted by Crippen LogP contribution is 2.21. The third-order valence-corrected chi connectivity index (χ3v) is 8.00. The minimum Gasteiger partial charge on any atom is -0.336 e. The molecule has 0 bridgehead atoms. The highest BCUT2D eigenvalue weighted by molar-refractivity contribution is 6.07. The molecule has 37 heavy (non-hydrogen) atoms. The molecule has 0 atom stereocenters. The average molecular weight is 502 g/mol. The lowest BCUT2D eigenvalue weighted by atomic mass is 9.93. The van der Waals surface area contributed by atoms with Crippen molar-refractivity contribution in [1.82, 2.24) is 25.2 Å². The lowest BCUT2D eigenvalue weighted by Crippen LogP contribution is -2.58. The number of rotatable bonds is 7. The smallest absolute Gasteiger partial charge is 0.253 e. The Bertz CT molecular complexity index is 1050. The predicted octanol–water partition coefficient (Wildman–Crippen LogP) is 4.04. The zero-order valence-corrected chi connectivity index (χ0v) is 21.7. The van der Waals surface area contributed by atoms with Gasteiger partial charge in [-0.05, 0) is 62.1 Å². The lowest BCUT2D eigenvalue weighted by Gasteiger charge is -2.44. The zero-order valence-electron chi connectivity index (χ0n) is 21.7. The summed E-state index contributed by atoms with van der Waals surface area (Å²) in [6, 6.07) is 14.0. The highest BCUT2D eigenvalue weighted by atomic mass is 16.2. The van der Waals surface area contributed by atoms with Crippen LogP contribution in [0.5, 0.6) is 0 Å². The number of benzene rings is 1. The first-order valence-corrected chi connectivity index (χ1v) is 13.9. The quantitative estimate of drug-likeness (QED) is 0.456. The SMILES string of the molecule is O=C(/C=C/c1ccccn1)c1ccc(C(=O)N2CCN(N3CCC(NC4CCCCC4)CC3)CC2)cc1. The maximum absolute atomic E-state index is 13.1. The van der Waals surface area contributed by atoms with Gasteiger partial charge in [-0.1, -0.05) is 37.5 Å². The molecule has 1 aliphatic carbocycles. The molecule has 0 radical (unpaired) electrons. The highest BCUT2D eigenvalue weighted by Gasteiger charge is 2.29. The van der Waals surface area contributed by atoms with Crippen LogP contribution < -0.4 is 5.32 Å². The van der Waals surface area contributed by atoms with E-state index in [0.717, 1.165) is 51.0 Å². The molecule has 1 amide bonds. The van der Waals surface area contributed by atoms with Gasteiger partial charge < -0.3 is 10.2 Å². The Labute approximate surface area is 220 Å². The first-order valence-electron chi connectivity index (χ1n) is 13.9. The number of nitrogens with zero attached hydrogens (tertiary/aromatic N) is 4. The molecule has 7 heteroatoms. The number of ketones is 1. The summed E-state index contributed by atoms with van der Waals surface area (Å²) in [4.78, 5) is 31.7. The molecule has 1 N–H and O–H groups in total. The first-order chi connectivity index (χ1) is 18.2. The van der Waals surface area contributed by atoms with Gasteiger partial charge in [0.15, 0.2) is 5.78 Å². The van der Waals surface area contributed by atoms with Crippen molar-refractivity contribution in [3.63, 3.8) is 0 Å². The molecule has 0 unspecified atom stereocenters. The van der Waals surface area contributed by atoms with E-state index in [1.165, 1.54) is 51.0 Å². The molecule has 2 aliphatic heterocycles. The lowest BCUT2D eigenvalue weighted by molar-refractivity contribution is -0.0684. The molecule has 3 aliphatic rings. The third-order valence-electron chi connectivity index (χ3n) is 8.00. The number of hydrogen-bond acceptors (Lipinski definition) is 6. The van der Waals surface area contributed by atoms with Crippen LogP contribution in [0.25, 0.3) is 6.08 Å². The molecule has 3 heterocycles. The van der Waals surface area contributed by atoms with Gasteiger partial charge in [0.25, 0.3) is 5.91 Å². The summed E-state index contributed by atoms with van der Waals surface area (Å²) in [5.74, 6) is -0.0611. The minimum atomic E-state index is -0.101. The molecule has 0 spiro atoms. The average Bonchev–Trinajstić information content (AvgIpc) is 2.97. The van der Waals surface area contributed by atoms with Crippen LogP contribution in [0.2, 0.25) is 0 Å². The van der Waals surface area contributed by atoms with Crippen molar-refractivity contribution in [2.75, 3.05) is 39.3 Å². The van der Waals surface area contributed by atoms with E-state index in [9.17, 15) is 9.59 Å². The minimum absolute atomic E-state index is 0.0399. The van der Waals surface area contributed by atoms with Crippen LogP contribution in [-0.4, -0.2) is 82.9 Å². The van der Waals surface area contributed by atoms with Crippen LogP contribution in [-0.2, 0) is 0 Å². The van der Waals surface area contributed by atoms with Gasteiger partial charge in [-0.15, -0.1) is 0 Å². The second-order valence-corrected chi connectivity index (χ2v) is 10.5. The number of carbonyl (C=O) groups excluding carboxylic acids is 2. The third kappa shape index (κ3) is 6.92. The molecule has 2 saturated heterocycles. The number of carbonyl (C=O) groups is 2. The molecule has 2 aromatic rings. The largest absolute Gasteiger partial charge is 0.336 e. The van der Waals surface area contributed by atoms with Crippen molar-refractivity contribution in [3.05, 3.63) is 71.6 Å². The van der Waals surface area contributed by atoms with Gasteiger partial charge in [-0.2, -0.15) is 0 Å². The molecule has 3 fully saturated rings. The van der Waals surface area contributed by atoms with E-state index in [0.29, 0.717) is 17.2 Å². The van der Waals surface area contributed by atoms with Crippen LogP contribution in [0.1, 0.15) is 71.4 Å². The van der Waals surface area contributed by atoms with E-state index in [1.807, 2.05) is 23.1 Å². The normalized spacial score (nSPS) is 20.9. The van der Waals surface area contributed by atoms with Gasteiger partial charge in [0.05, 0.1) is 5.69 Å². The molecule has 196 valence electrons. The molecular formula is C30H39N5O2. The standard InChI is InChI=1S/C30H39N5O2/c36-29(14-13-26-6-4-5-17-31-26)24-9-11-25(12-10-24)30(37)33-20-22-35(23-21-33)34-18-15-28(16-19-34)32-27-7-2-1-3-8-27/h4-6,9-14,17,27-28,32H,1-3,7-8,15-16,18-23H2/b14-13+. The number of hydrogen-bond donors (Lipinski definition) is 1. The van der Waals surface area contributed by atoms with Gasteiger partial charge in [-0.25, -0.2) is 10.0 Å². The van der Waals surface area contributed by atoms with Crippen LogP contribution in [0.3, 0.4) is 0 Å². The number of piperazine rings is 1. The van der Waals surface area contributed by atoms with E-state index in [-0.39, 0.29) is 11.7 Å². The number of nitrogens with one attached hydrogen (secondary N) is 1. The van der Waals surface area contributed by atoms with E-state index in [1.54, 1.807) is 36.5 Å². The molecule has 5 rings (SSSR count). The topological polar surface area (TPSA) is 68.8 Å². The molecule has 1 saturated carbocycles. The van der Waals surface area contributed by atoms with Gasteiger partial charge >= 0.3 is 0 Å². The number of hydrazine groups is 1.